The van der Waals surface area contributed by atoms with Gasteiger partial charge in [0.15, 0.2) is 0 Å². The van der Waals surface area contributed by atoms with Crippen LogP contribution in [0.3, 0.4) is 0 Å². The van der Waals surface area contributed by atoms with E-state index in [0.717, 1.165) is 29.5 Å². The molecule has 0 radical (unpaired) electrons. The van der Waals surface area contributed by atoms with E-state index in [2.05, 4.69) is 26.1 Å². The smallest absolute Gasteiger partial charge is 0.244 e. The summed E-state index contributed by atoms with van der Waals surface area (Å²) in [7, 11) is -2.17. The Morgan fingerprint density at radius 1 is 1.16 bits per heavy atom. The lowest BCUT2D eigenvalue weighted by molar-refractivity contribution is -0.125. The van der Waals surface area contributed by atoms with Crippen LogP contribution in [0.2, 0.25) is 0 Å². The van der Waals surface area contributed by atoms with E-state index in [1.165, 1.54) is 4.31 Å². The second-order valence-corrected chi connectivity index (χ2v) is 9.76. The molecule has 0 aromatic heterocycles. The van der Waals surface area contributed by atoms with Crippen LogP contribution in [-0.2, 0) is 20.2 Å². The summed E-state index contributed by atoms with van der Waals surface area (Å²) in [5.41, 5.74) is 2.55. The van der Waals surface area contributed by atoms with Gasteiger partial charge in [-0.1, -0.05) is 39.3 Å². The molecule has 6 heteroatoms. The average Bonchev–Trinajstić information content (AvgIpc) is 2.52. The molecule has 0 unspecified atom stereocenters. The number of hydrogen-bond acceptors (Lipinski definition) is 3. The second-order valence-electron chi connectivity index (χ2n) is 7.93. The highest BCUT2D eigenvalue weighted by molar-refractivity contribution is 7.89. The predicted molar refractivity (Wildman–Crippen MR) is 100 cm³/mol. The van der Waals surface area contributed by atoms with Crippen molar-refractivity contribution in [3.8, 4) is 0 Å². The van der Waals surface area contributed by atoms with E-state index in [9.17, 15) is 13.2 Å². The van der Waals surface area contributed by atoms with Gasteiger partial charge in [0.1, 0.15) is 6.04 Å². The van der Waals surface area contributed by atoms with Crippen LogP contribution in [0.1, 0.15) is 56.7 Å². The Bertz CT molecular complexity index is 740. The van der Waals surface area contributed by atoms with Gasteiger partial charge in [0, 0.05) is 13.6 Å². The van der Waals surface area contributed by atoms with Crippen LogP contribution in [0.5, 0.6) is 0 Å². The fraction of sp³-hybridized carbons (Fsp3) is 0.632. The molecule has 0 saturated carbocycles. The van der Waals surface area contributed by atoms with Crippen molar-refractivity contribution in [3.63, 3.8) is 0 Å². The number of nitrogens with zero attached hydrogens (tertiary/aromatic N) is 1. The minimum atomic E-state index is -3.72. The van der Waals surface area contributed by atoms with Gasteiger partial charge in [-0.15, -0.1) is 0 Å². The van der Waals surface area contributed by atoms with Crippen molar-refractivity contribution in [2.45, 2.75) is 70.2 Å². The van der Waals surface area contributed by atoms with Crippen LogP contribution in [0.15, 0.2) is 17.0 Å². The van der Waals surface area contributed by atoms with Gasteiger partial charge >= 0.3 is 0 Å². The molecule has 5 nitrogen and oxygen atoms in total. The summed E-state index contributed by atoms with van der Waals surface area (Å²) in [6.45, 7) is 10.4. The Hall–Kier alpha value is -1.40. The van der Waals surface area contributed by atoms with Gasteiger partial charge in [0.2, 0.25) is 15.9 Å². The van der Waals surface area contributed by atoms with Gasteiger partial charge in [0.05, 0.1) is 4.90 Å². The van der Waals surface area contributed by atoms with E-state index in [1.807, 2.05) is 26.0 Å². The minimum absolute atomic E-state index is 0.0480. The van der Waals surface area contributed by atoms with Crippen molar-refractivity contribution in [1.29, 1.82) is 0 Å². The molecule has 1 aromatic carbocycles. The monoisotopic (exact) mass is 366 g/mol. The predicted octanol–water partition coefficient (Wildman–Crippen LogP) is 2.89. The largest absolute Gasteiger partial charge is 0.358 e. The molecule has 140 valence electrons. The highest BCUT2D eigenvalue weighted by Crippen LogP contribution is 2.33. The zero-order chi connectivity index (χ0) is 19.0. The summed E-state index contributed by atoms with van der Waals surface area (Å²) in [6, 6.07) is 3.29. The maximum Gasteiger partial charge on any atom is 0.244 e. The molecule has 1 atom stereocenters. The molecule has 0 spiro atoms. The first-order valence-corrected chi connectivity index (χ1v) is 10.3. The molecule has 25 heavy (non-hydrogen) atoms. The normalized spacial score (nSPS) is 19.7. The zero-order valence-corrected chi connectivity index (χ0v) is 17.0. The van der Waals surface area contributed by atoms with E-state index in [1.54, 1.807) is 7.05 Å². The van der Waals surface area contributed by atoms with E-state index < -0.39 is 16.1 Å². The zero-order valence-electron chi connectivity index (χ0n) is 16.1. The number of rotatable bonds is 3. The van der Waals surface area contributed by atoms with Crippen LogP contribution < -0.4 is 5.32 Å². The molecule has 1 aliphatic heterocycles. The highest BCUT2D eigenvalue weighted by Gasteiger charge is 2.38. The lowest BCUT2D eigenvalue weighted by atomic mass is 9.85. The third kappa shape index (κ3) is 3.90. The molecule has 1 fully saturated rings. The fourth-order valence-electron chi connectivity index (χ4n) is 3.53. The number of aryl methyl sites for hydroxylation is 2. The number of benzene rings is 1. The number of carbonyl (C=O) groups is 1. The first-order chi connectivity index (χ1) is 11.5. The van der Waals surface area contributed by atoms with Crippen molar-refractivity contribution >= 4 is 15.9 Å². The molecule has 1 aromatic rings. The fourth-order valence-corrected chi connectivity index (χ4v) is 5.60. The van der Waals surface area contributed by atoms with Gasteiger partial charge in [0.25, 0.3) is 0 Å². The number of likely N-dealkylation sites (N-methyl/N-ethyl adjacent to an activating group) is 1. The third-order valence-corrected chi connectivity index (χ3v) is 7.11. The number of hydrogen-bond donors (Lipinski definition) is 1. The van der Waals surface area contributed by atoms with Crippen LogP contribution >= 0.6 is 0 Å². The Kier molecular flexibility index (Phi) is 5.64. The maximum atomic E-state index is 13.4. The quantitative estimate of drug-likeness (QED) is 0.894. The summed E-state index contributed by atoms with van der Waals surface area (Å²) in [5, 5.41) is 2.60. The third-order valence-electron chi connectivity index (χ3n) is 4.90. The number of amides is 1. The first kappa shape index (κ1) is 19.9. The first-order valence-electron chi connectivity index (χ1n) is 8.85. The topological polar surface area (TPSA) is 66.5 Å². The van der Waals surface area contributed by atoms with Gasteiger partial charge < -0.3 is 5.32 Å². The molecule has 0 bridgehead atoms. The molecule has 2 rings (SSSR count). The van der Waals surface area contributed by atoms with Crippen molar-refractivity contribution < 1.29 is 13.2 Å². The molecule has 1 heterocycles. The summed E-state index contributed by atoms with van der Waals surface area (Å²) in [4.78, 5) is 12.5. The lowest BCUT2D eigenvalue weighted by Gasteiger charge is -2.34. The second kappa shape index (κ2) is 7.08. The molecule has 0 aliphatic carbocycles. The average molecular weight is 367 g/mol. The molecule has 1 amide bonds. The van der Waals surface area contributed by atoms with Crippen LogP contribution in [0.25, 0.3) is 0 Å². The number of sulfonamides is 1. The molecule has 1 aliphatic rings. The van der Waals surface area contributed by atoms with E-state index >= 15 is 0 Å². The van der Waals surface area contributed by atoms with Gasteiger partial charge in [-0.25, -0.2) is 8.42 Å². The van der Waals surface area contributed by atoms with E-state index in [4.69, 9.17) is 0 Å². The van der Waals surface area contributed by atoms with Crippen LogP contribution in [-0.4, -0.2) is 38.3 Å². The van der Waals surface area contributed by atoms with Gasteiger partial charge in [-0.05, 0) is 48.8 Å². The Balaban J connectivity index is 2.54. The van der Waals surface area contributed by atoms with Crippen molar-refractivity contribution in [1.82, 2.24) is 9.62 Å². The summed E-state index contributed by atoms with van der Waals surface area (Å²) >= 11 is 0. The van der Waals surface area contributed by atoms with E-state index in [-0.39, 0.29) is 11.3 Å². The van der Waals surface area contributed by atoms with Crippen molar-refractivity contribution in [2.75, 3.05) is 13.6 Å². The minimum Gasteiger partial charge on any atom is -0.358 e. The standard InChI is InChI=1S/C19H30N2O3S/c1-13-11-15(19(3,4)5)12-14(2)17(13)25(23,24)21-10-8-7-9-16(21)18(22)20-6/h11-12,16H,7-10H2,1-6H3,(H,20,22)/t16-/m0/s1. The van der Waals surface area contributed by atoms with E-state index in [0.29, 0.717) is 17.9 Å². The molecular formula is C19H30N2O3S. The van der Waals surface area contributed by atoms with Crippen molar-refractivity contribution in [2.24, 2.45) is 0 Å². The summed E-state index contributed by atoms with van der Waals surface area (Å²) in [5.74, 6) is -0.232. The summed E-state index contributed by atoms with van der Waals surface area (Å²) < 4.78 is 28.1. The van der Waals surface area contributed by atoms with Crippen LogP contribution in [0, 0.1) is 13.8 Å². The highest BCUT2D eigenvalue weighted by atomic mass is 32.2. The molecule has 1 saturated heterocycles. The van der Waals surface area contributed by atoms with Gasteiger partial charge in [-0.2, -0.15) is 4.31 Å². The van der Waals surface area contributed by atoms with Crippen molar-refractivity contribution in [3.05, 3.63) is 28.8 Å². The Labute approximate surface area is 151 Å². The number of nitrogens with one attached hydrogen (secondary N) is 1. The maximum absolute atomic E-state index is 13.4. The Morgan fingerprint density at radius 2 is 1.72 bits per heavy atom. The molecular weight excluding hydrogens is 336 g/mol. The summed E-state index contributed by atoms with van der Waals surface area (Å²) in [6.07, 6.45) is 2.22. The van der Waals surface area contributed by atoms with Crippen LogP contribution in [0.4, 0.5) is 0 Å². The SMILES string of the molecule is CNC(=O)[C@@H]1CCCCN1S(=O)(=O)c1c(C)cc(C(C)(C)C)cc1C. The number of carbonyl (C=O) groups excluding carboxylic acids is 1. The Morgan fingerprint density at radius 3 is 2.20 bits per heavy atom. The van der Waals surface area contributed by atoms with Gasteiger partial charge in [-0.3, -0.25) is 4.79 Å². The molecule has 1 N–H and O–H groups in total. The lowest BCUT2D eigenvalue weighted by Crippen LogP contribution is -2.51. The number of piperidine rings is 1.